The number of hydrogen-bond donors (Lipinski definition) is 1. The number of alkyl carbamates (subject to hydrolysis) is 1. The number of halogens is 1. The fourth-order valence-corrected chi connectivity index (χ4v) is 2.37. The molecular weight excluding hydrogens is 342 g/mol. The molecule has 0 spiro atoms. The lowest BCUT2D eigenvalue weighted by molar-refractivity contribution is 0.129. The Kier molecular flexibility index (Phi) is 5.24. The Morgan fingerprint density at radius 2 is 1.86 bits per heavy atom. The van der Waals surface area contributed by atoms with Gasteiger partial charge in [-0.3, -0.25) is 0 Å². The summed E-state index contributed by atoms with van der Waals surface area (Å²) in [5.41, 5.74) is 2.63. The SMILES string of the molecule is Cc1cc(C(C)(C)NC(=O)OCc2ccccc2)ccc1Br. The second kappa shape index (κ2) is 6.97. The molecule has 0 fully saturated rings. The van der Waals surface area contributed by atoms with Crippen LogP contribution < -0.4 is 5.32 Å². The molecule has 2 aromatic rings. The van der Waals surface area contributed by atoms with Gasteiger partial charge >= 0.3 is 6.09 Å². The van der Waals surface area contributed by atoms with E-state index in [4.69, 9.17) is 4.74 Å². The van der Waals surface area contributed by atoms with E-state index in [1.807, 2.05) is 63.2 Å². The van der Waals surface area contributed by atoms with Crippen LogP contribution in [0, 0.1) is 6.92 Å². The fourth-order valence-electron chi connectivity index (χ4n) is 2.12. The molecule has 0 atom stereocenters. The summed E-state index contributed by atoms with van der Waals surface area (Å²) in [6.45, 7) is 6.21. The third-order valence-corrected chi connectivity index (χ3v) is 4.40. The van der Waals surface area contributed by atoms with Gasteiger partial charge in [0.05, 0.1) is 5.54 Å². The molecule has 22 heavy (non-hydrogen) atoms. The normalized spacial score (nSPS) is 11.1. The molecule has 1 N–H and O–H groups in total. The number of nitrogens with one attached hydrogen (secondary N) is 1. The van der Waals surface area contributed by atoms with Crippen molar-refractivity contribution in [3.05, 3.63) is 69.7 Å². The minimum Gasteiger partial charge on any atom is -0.445 e. The lowest BCUT2D eigenvalue weighted by Gasteiger charge is -2.27. The first-order chi connectivity index (χ1) is 10.4. The zero-order valence-corrected chi connectivity index (χ0v) is 14.6. The molecule has 0 aliphatic heterocycles. The smallest absolute Gasteiger partial charge is 0.408 e. The van der Waals surface area contributed by atoms with Gasteiger partial charge in [0.25, 0.3) is 0 Å². The predicted molar refractivity (Wildman–Crippen MR) is 91.7 cm³/mol. The maximum absolute atomic E-state index is 12.0. The van der Waals surface area contributed by atoms with Crippen LogP contribution in [0.4, 0.5) is 4.79 Å². The Bertz CT molecular complexity index is 653. The second-order valence-corrected chi connectivity index (χ2v) is 6.63. The number of amides is 1. The molecule has 2 aromatic carbocycles. The van der Waals surface area contributed by atoms with Gasteiger partial charge in [-0.2, -0.15) is 0 Å². The van der Waals surface area contributed by atoms with Crippen molar-refractivity contribution in [2.75, 3.05) is 0 Å². The van der Waals surface area contributed by atoms with E-state index >= 15 is 0 Å². The number of carbonyl (C=O) groups is 1. The molecule has 3 nitrogen and oxygen atoms in total. The maximum atomic E-state index is 12.0. The highest BCUT2D eigenvalue weighted by molar-refractivity contribution is 9.10. The summed E-state index contributed by atoms with van der Waals surface area (Å²) in [6.07, 6.45) is -0.422. The Labute approximate surface area is 139 Å². The molecule has 4 heteroatoms. The van der Waals surface area contributed by atoms with Gasteiger partial charge in [-0.1, -0.05) is 58.4 Å². The molecular formula is C18H20BrNO2. The van der Waals surface area contributed by atoms with Gasteiger partial charge in [0.2, 0.25) is 0 Å². The van der Waals surface area contributed by atoms with Crippen molar-refractivity contribution in [3.63, 3.8) is 0 Å². The summed E-state index contributed by atoms with van der Waals surface area (Å²) in [4.78, 5) is 12.0. The Hall–Kier alpha value is -1.81. The van der Waals surface area contributed by atoms with E-state index in [-0.39, 0.29) is 6.61 Å². The van der Waals surface area contributed by atoms with Crippen molar-refractivity contribution in [3.8, 4) is 0 Å². The summed E-state index contributed by atoms with van der Waals surface area (Å²) < 4.78 is 6.33. The first-order valence-electron chi connectivity index (χ1n) is 7.14. The average Bonchev–Trinajstić information content (AvgIpc) is 2.48. The molecule has 2 rings (SSSR count). The molecule has 0 heterocycles. The van der Waals surface area contributed by atoms with Crippen molar-refractivity contribution < 1.29 is 9.53 Å². The lowest BCUT2D eigenvalue weighted by atomic mass is 9.93. The van der Waals surface area contributed by atoms with Crippen LogP contribution in [0.5, 0.6) is 0 Å². The predicted octanol–water partition coefficient (Wildman–Crippen LogP) is 4.92. The summed E-state index contributed by atoms with van der Waals surface area (Å²) in [5, 5.41) is 2.91. The third kappa shape index (κ3) is 4.34. The summed E-state index contributed by atoms with van der Waals surface area (Å²) >= 11 is 3.49. The largest absolute Gasteiger partial charge is 0.445 e. The van der Waals surface area contributed by atoms with Crippen LogP contribution in [-0.4, -0.2) is 6.09 Å². The van der Waals surface area contributed by atoms with Crippen LogP contribution in [0.3, 0.4) is 0 Å². The summed E-state index contributed by atoms with van der Waals surface area (Å²) in [6, 6.07) is 15.7. The Balaban J connectivity index is 1.98. The molecule has 0 aliphatic carbocycles. The minimum absolute atomic E-state index is 0.266. The second-order valence-electron chi connectivity index (χ2n) is 5.78. The number of benzene rings is 2. The molecule has 0 aliphatic rings. The molecule has 0 unspecified atom stereocenters. The number of ether oxygens (including phenoxy) is 1. The van der Waals surface area contributed by atoms with Crippen LogP contribution in [0.2, 0.25) is 0 Å². The molecule has 0 saturated heterocycles. The molecule has 0 aromatic heterocycles. The van der Waals surface area contributed by atoms with Crippen molar-refractivity contribution in [1.29, 1.82) is 0 Å². The quantitative estimate of drug-likeness (QED) is 0.839. The molecule has 1 amide bonds. The van der Waals surface area contributed by atoms with Crippen molar-refractivity contribution in [2.45, 2.75) is 32.9 Å². The molecule has 0 bridgehead atoms. The van der Waals surface area contributed by atoms with E-state index in [1.54, 1.807) is 0 Å². The zero-order valence-electron chi connectivity index (χ0n) is 13.0. The van der Waals surface area contributed by atoms with Gasteiger partial charge in [0, 0.05) is 4.47 Å². The van der Waals surface area contributed by atoms with E-state index in [9.17, 15) is 4.79 Å². The number of aryl methyl sites for hydroxylation is 1. The lowest BCUT2D eigenvalue weighted by Crippen LogP contribution is -2.41. The first kappa shape index (κ1) is 16.6. The fraction of sp³-hybridized carbons (Fsp3) is 0.278. The van der Waals surface area contributed by atoms with Gasteiger partial charge in [0.15, 0.2) is 0 Å². The highest BCUT2D eigenvalue weighted by Crippen LogP contribution is 2.25. The minimum atomic E-state index is -0.501. The average molecular weight is 362 g/mol. The topological polar surface area (TPSA) is 38.3 Å². The monoisotopic (exact) mass is 361 g/mol. The van der Waals surface area contributed by atoms with Crippen LogP contribution in [0.1, 0.15) is 30.5 Å². The number of rotatable bonds is 4. The van der Waals surface area contributed by atoms with Crippen molar-refractivity contribution >= 4 is 22.0 Å². The van der Waals surface area contributed by atoms with Crippen molar-refractivity contribution in [2.24, 2.45) is 0 Å². The summed E-state index contributed by atoms with van der Waals surface area (Å²) in [7, 11) is 0. The molecule has 116 valence electrons. The maximum Gasteiger partial charge on any atom is 0.408 e. The van der Waals surface area contributed by atoms with Gasteiger partial charge in [-0.05, 0) is 43.5 Å². The molecule has 0 saturated carbocycles. The molecule has 0 radical (unpaired) electrons. The van der Waals surface area contributed by atoms with Gasteiger partial charge in [-0.15, -0.1) is 0 Å². The van der Waals surface area contributed by atoms with E-state index in [2.05, 4.69) is 27.3 Å². The van der Waals surface area contributed by atoms with Gasteiger partial charge in [0.1, 0.15) is 6.61 Å². The van der Waals surface area contributed by atoms with Crippen LogP contribution in [-0.2, 0) is 16.9 Å². The summed E-state index contributed by atoms with van der Waals surface area (Å²) in [5.74, 6) is 0. The van der Waals surface area contributed by atoms with E-state index in [1.165, 1.54) is 0 Å². The van der Waals surface area contributed by atoms with Gasteiger partial charge < -0.3 is 10.1 Å². The standard InChI is InChI=1S/C18H20BrNO2/c1-13-11-15(9-10-16(13)19)18(2,3)20-17(21)22-12-14-7-5-4-6-8-14/h4-11H,12H2,1-3H3,(H,20,21). The first-order valence-corrected chi connectivity index (χ1v) is 7.93. The highest BCUT2D eigenvalue weighted by atomic mass is 79.9. The van der Waals surface area contributed by atoms with Crippen LogP contribution in [0.25, 0.3) is 0 Å². The van der Waals surface area contributed by atoms with Gasteiger partial charge in [-0.25, -0.2) is 4.79 Å². The van der Waals surface area contributed by atoms with Crippen molar-refractivity contribution in [1.82, 2.24) is 5.32 Å². The Morgan fingerprint density at radius 3 is 2.50 bits per heavy atom. The number of carbonyl (C=O) groups excluding carboxylic acids is 1. The number of hydrogen-bond acceptors (Lipinski definition) is 2. The third-order valence-electron chi connectivity index (χ3n) is 3.51. The Morgan fingerprint density at radius 1 is 1.18 bits per heavy atom. The van der Waals surface area contributed by atoms with E-state index in [0.717, 1.165) is 21.2 Å². The zero-order chi connectivity index (χ0) is 16.2. The van der Waals surface area contributed by atoms with Crippen LogP contribution in [0.15, 0.2) is 53.0 Å². The van der Waals surface area contributed by atoms with Crippen LogP contribution >= 0.6 is 15.9 Å². The van der Waals surface area contributed by atoms with E-state index in [0.29, 0.717) is 0 Å². The highest BCUT2D eigenvalue weighted by Gasteiger charge is 2.24. The van der Waals surface area contributed by atoms with E-state index < -0.39 is 11.6 Å².